The van der Waals surface area contributed by atoms with Gasteiger partial charge < -0.3 is 58.7 Å². The number of ether oxygens (including phenoxy) is 7. The van der Waals surface area contributed by atoms with Gasteiger partial charge in [-0.05, 0) is 110 Å². The summed E-state index contributed by atoms with van der Waals surface area (Å²) in [5, 5.41) is 54.9. The molecule has 6 unspecified atom stereocenters. The molecule has 16 heteroatoms. The maximum atomic E-state index is 15.7. The summed E-state index contributed by atoms with van der Waals surface area (Å²) in [6.45, 7) is 14.8. The fourth-order valence-electron chi connectivity index (χ4n) is 12.4. The predicted molar refractivity (Wildman–Crippen MR) is 281 cm³/mol. The minimum absolute atomic E-state index is 0.0122. The Balaban J connectivity index is 1.21. The second-order valence-corrected chi connectivity index (χ2v) is 22.3. The molecule has 4 fully saturated rings. The first-order valence-corrected chi connectivity index (χ1v) is 26.3. The highest BCUT2D eigenvalue weighted by Gasteiger charge is 2.77. The van der Waals surface area contributed by atoms with Gasteiger partial charge in [0.25, 0.3) is 0 Å². The van der Waals surface area contributed by atoms with Crippen LogP contribution in [0.15, 0.2) is 101 Å². The zero-order valence-electron chi connectivity index (χ0n) is 44.7. The largest absolute Gasteiger partial charge is 0.482 e. The number of ketones is 2. The Kier molecular flexibility index (Phi) is 13.9. The van der Waals surface area contributed by atoms with E-state index in [9.17, 15) is 39.9 Å². The number of allylic oxidation sites excluding steroid dienone is 5. The van der Waals surface area contributed by atoms with E-state index in [-0.39, 0.29) is 82.0 Å². The number of carbonyl (C=O) groups is 4. The highest BCUT2D eigenvalue weighted by Crippen LogP contribution is 2.71. The van der Waals surface area contributed by atoms with E-state index in [1.165, 1.54) is 37.5 Å². The molecule has 406 valence electrons. The smallest absolute Gasteiger partial charge is 0.343 e. The number of carbonyl (C=O) groups excluding carboxylic acids is 4. The highest BCUT2D eigenvalue weighted by molar-refractivity contribution is 6.22. The Morgan fingerprint density at radius 1 is 0.870 bits per heavy atom. The Labute approximate surface area is 446 Å². The van der Waals surface area contributed by atoms with E-state index in [0.29, 0.717) is 46.4 Å². The second kappa shape index (κ2) is 20.0. The van der Waals surface area contributed by atoms with Crippen LogP contribution in [-0.4, -0.2) is 110 Å². The van der Waals surface area contributed by atoms with Crippen molar-refractivity contribution in [2.24, 2.45) is 23.7 Å². The summed E-state index contributed by atoms with van der Waals surface area (Å²) in [7, 11) is 1.25. The molecule has 4 aliphatic carbocycles. The minimum atomic E-state index is -2.36. The molecule has 0 radical (unpaired) electrons. The van der Waals surface area contributed by atoms with Crippen LogP contribution in [0.5, 0.6) is 23.0 Å². The number of rotatable bonds is 14. The van der Waals surface area contributed by atoms with Crippen LogP contribution in [0, 0.1) is 23.7 Å². The van der Waals surface area contributed by atoms with Crippen molar-refractivity contribution in [2.45, 2.75) is 135 Å². The van der Waals surface area contributed by atoms with Crippen molar-refractivity contribution in [3.05, 3.63) is 134 Å². The predicted octanol–water partition coefficient (Wildman–Crippen LogP) is 7.72. The average molecular weight is 1060 g/mol. The molecule has 1 saturated heterocycles. The van der Waals surface area contributed by atoms with Gasteiger partial charge in [-0.2, -0.15) is 0 Å². The third kappa shape index (κ3) is 8.59. The first kappa shape index (κ1) is 53.7. The summed E-state index contributed by atoms with van der Waals surface area (Å²) in [6, 6.07) is 12.8. The number of aliphatic hydroxyl groups is 5. The van der Waals surface area contributed by atoms with Gasteiger partial charge >= 0.3 is 11.9 Å². The summed E-state index contributed by atoms with van der Waals surface area (Å²) < 4.78 is 45.3. The molecule has 3 aromatic rings. The third-order valence-electron chi connectivity index (χ3n) is 16.4. The molecule has 4 aliphatic heterocycles. The van der Waals surface area contributed by atoms with Gasteiger partial charge in [-0.3, -0.25) is 9.59 Å². The Morgan fingerprint density at radius 3 is 2.23 bits per heavy atom. The van der Waals surface area contributed by atoms with Gasteiger partial charge in [-0.15, -0.1) is 0 Å². The number of hydrogen-bond donors (Lipinski definition) is 5. The number of hydrogen-bond acceptors (Lipinski definition) is 16. The molecule has 2 bridgehead atoms. The Morgan fingerprint density at radius 2 is 1.57 bits per heavy atom. The topological polar surface area (TPSA) is 234 Å². The summed E-state index contributed by atoms with van der Waals surface area (Å²) >= 11 is 0. The molecular weight excluding hydrogens is 989 g/mol. The van der Waals surface area contributed by atoms with Crippen LogP contribution >= 0.6 is 0 Å². The Hall–Kier alpha value is -6.66. The molecular formula is C61H66O16. The van der Waals surface area contributed by atoms with E-state index in [1.54, 1.807) is 31.2 Å². The number of methoxy groups -OCH3 is 1. The van der Waals surface area contributed by atoms with Crippen molar-refractivity contribution >= 4 is 41.1 Å². The van der Waals surface area contributed by atoms with Gasteiger partial charge in [-0.25, -0.2) is 9.59 Å². The lowest BCUT2D eigenvalue weighted by Crippen LogP contribution is -2.78. The standard InChI is InChI=1S/C61H66O16/c1-29(2)13-12-24-59(8)25-23-38-50(76-59)37(21-16-30(3)4)53-44(52(38)75-57(69)33-17-19-34(20-18-33)72-58-49(66)48(65)47(64)41(28-62)73-58)54-45-42(43-46(63)35-14-10-11-15-36(35)51(43)74-54)39-27-40(31(5)6)61(45,77-53)60(70,55(39)67)26-22-32(7)56(68)71-9/h10-11,13-20,22-23,25,31,39-42,47-49,58,62,64-66,70H,12,21,24,26-28H2,1-9H3/b32-22-/t39?,40?,41-,42?,47-,48+,49-,58-,59?,60?,61?/m0/s1. The maximum absolute atomic E-state index is 15.7. The molecule has 11 rings (SSSR count). The molecule has 0 aromatic heterocycles. The molecule has 5 N–H and O–H groups in total. The second-order valence-electron chi connectivity index (χ2n) is 22.3. The van der Waals surface area contributed by atoms with Crippen LogP contribution in [0.2, 0.25) is 0 Å². The first-order valence-electron chi connectivity index (χ1n) is 26.3. The maximum Gasteiger partial charge on any atom is 0.343 e. The van der Waals surface area contributed by atoms with Gasteiger partial charge in [0.1, 0.15) is 64.3 Å². The SMILES string of the molecule is COC(=O)/C(C)=C\CC1(O)C(=O)C2CC(C(C)C)C13Oc1c(CC=C(C)C)c4c(c(OC(=O)c5ccc(O[C@H]6O[C@@H](CO)[C@H](O)[C@@H](O)[C@@H]6O)cc5)c1C1=C3C2C2=C(O1)c1ccccc1C2=O)C=CC(C)(CCC=C(C)C)O4. The zero-order chi connectivity index (χ0) is 55.2. The van der Waals surface area contributed by atoms with E-state index in [4.69, 9.17) is 33.2 Å². The molecule has 1 spiro atoms. The van der Waals surface area contributed by atoms with Crippen molar-refractivity contribution < 1.29 is 77.9 Å². The van der Waals surface area contributed by atoms with Crippen molar-refractivity contribution in [3.8, 4) is 23.0 Å². The molecule has 3 aromatic carbocycles. The van der Waals surface area contributed by atoms with Crippen LogP contribution in [0.4, 0.5) is 0 Å². The lowest BCUT2D eigenvalue weighted by molar-refractivity contribution is -0.277. The summed E-state index contributed by atoms with van der Waals surface area (Å²) in [5.41, 5.74) is -0.217. The van der Waals surface area contributed by atoms with Gasteiger partial charge in [0, 0.05) is 52.0 Å². The molecule has 8 aliphatic rings. The van der Waals surface area contributed by atoms with Gasteiger partial charge in [0.05, 0.1) is 30.4 Å². The van der Waals surface area contributed by atoms with Crippen molar-refractivity contribution in [2.75, 3.05) is 13.7 Å². The van der Waals surface area contributed by atoms with Gasteiger partial charge in [0.15, 0.2) is 28.5 Å². The summed E-state index contributed by atoms with van der Waals surface area (Å²) in [5.74, 6) is -4.09. The lowest BCUT2D eigenvalue weighted by Gasteiger charge is -2.65. The number of aliphatic hydroxyl groups excluding tert-OH is 4. The number of esters is 2. The number of benzene rings is 3. The molecule has 11 atom stereocenters. The minimum Gasteiger partial charge on any atom is -0.482 e. The molecule has 16 nitrogen and oxygen atoms in total. The number of fused-ring (bicyclic) bond motifs is 7. The fraction of sp³-hybridized carbons (Fsp3) is 0.443. The monoisotopic (exact) mass is 1050 g/mol. The van der Waals surface area contributed by atoms with Crippen LogP contribution in [0.25, 0.3) is 17.6 Å². The average Bonchev–Trinajstić information content (AvgIpc) is 3.88. The molecule has 0 amide bonds. The van der Waals surface area contributed by atoms with Crippen molar-refractivity contribution in [1.29, 1.82) is 0 Å². The first-order chi connectivity index (χ1) is 36.6. The van der Waals surface area contributed by atoms with Crippen LogP contribution in [0.1, 0.15) is 124 Å². The van der Waals surface area contributed by atoms with Crippen LogP contribution in [-0.2, 0) is 30.2 Å². The van der Waals surface area contributed by atoms with Crippen LogP contribution < -0.4 is 18.9 Å². The van der Waals surface area contributed by atoms with E-state index in [1.807, 2.05) is 66.7 Å². The van der Waals surface area contributed by atoms with Gasteiger partial charge in [0.2, 0.25) is 6.29 Å². The third-order valence-corrected chi connectivity index (χ3v) is 16.4. The molecule has 4 heterocycles. The van der Waals surface area contributed by atoms with E-state index in [0.717, 1.165) is 11.1 Å². The summed E-state index contributed by atoms with van der Waals surface area (Å²) in [6.07, 6.45) is 3.13. The van der Waals surface area contributed by atoms with E-state index >= 15 is 4.79 Å². The van der Waals surface area contributed by atoms with Crippen molar-refractivity contribution in [3.63, 3.8) is 0 Å². The summed E-state index contributed by atoms with van der Waals surface area (Å²) in [4.78, 5) is 58.4. The molecule has 77 heavy (non-hydrogen) atoms. The quantitative estimate of drug-likeness (QED) is 0.0450. The highest BCUT2D eigenvalue weighted by atomic mass is 16.7. The van der Waals surface area contributed by atoms with Crippen LogP contribution in [0.3, 0.4) is 0 Å². The normalized spacial score (nSPS) is 30.2. The van der Waals surface area contributed by atoms with E-state index in [2.05, 4.69) is 6.08 Å². The Bertz CT molecular complexity index is 3160. The number of Topliss-reactive ketones (excluding diaryl/α,β-unsaturated/α-hetero) is 2. The zero-order valence-corrected chi connectivity index (χ0v) is 44.7. The van der Waals surface area contributed by atoms with E-state index < -0.39 is 89.6 Å². The fourth-order valence-corrected chi connectivity index (χ4v) is 12.4. The van der Waals surface area contributed by atoms with Gasteiger partial charge in [-0.1, -0.05) is 67.5 Å². The molecule has 3 saturated carbocycles. The lowest BCUT2D eigenvalue weighted by atomic mass is 9.43. The van der Waals surface area contributed by atoms with Crippen molar-refractivity contribution in [1.82, 2.24) is 0 Å².